The number of rotatable bonds is 3. The molecule has 0 atom stereocenters. The minimum absolute atomic E-state index is 0.0155. The molecule has 0 saturated heterocycles. The molecule has 1 aliphatic rings. The summed E-state index contributed by atoms with van der Waals surface area (Å²) in [7, 11) is 0. The zero-order valence-corrected chi connectivity index (χ0v) is 16.1. The number of hydrogen-bond donors (Lipinski definition) is 1. The first-order valence-electron chi connectivity index (χ1n) is 8.90. The molecule has 136 valence electrons. The number of hydrogen-bond acceptors (Lipinski definition) is 3. The second-order valence-corrected chi connectivity index (χ2v) is 7.75. The first-order valence-corrected chi connectivity index (χ1v) is 9.78. The van der Waals surface area contributed by atoms with Crippen molar-refractivity contribution in [1.29, 1.82) is 0 Å². The van der Waals surface area contributed by atoms with Gasteiger partial charge in [0.2, 0.25) is 0 Å². The van der Waals surface area contributed by atoms with Crippen molar-refractivity contribution in [2.24, 2.45) is 0 Å². The third kappa shape index (κ3) is 3.38. The number of carbonyl (C=O) groups excluding carboxylic acids is 2. The lowest BCUT2D eigenvalue weighted by molar-refractivity contribution is 0.0991. The highest BCUT2D eigenvalue weighted by Gasteiger charge is 2.26. The van der Waals surface area contributed by atoms with Gasteiger partial charge in [-0.05, 0) is 61.0 Å². The number of aryl methyl sites for hydroxylation is 2. The molecule has 0 radical (unpaired) electrons. The molecular weight excluding hydrogens is 356 g/mol. The number of nitrogens with one attached hydrogen (secondary N) is 1. The molecule has 0 saturated carbocycles. The van der Waals surface area contributed by atoms with Crippen molar-refractivity contribution in [3.05, 3.63) is 81.0 Å². The third-order valence-electron chi connectivity index (χ3n) is 4.85. The van der Waals surface area contributed by atoms with Gasteiger partial charge in [-0.3, -0.25) is 9.59 Å². The highest BCUT2D eigenvalue weighted by molar-refractivity contribution is 7.12. The Morgan fingerprint density at radius 3 is 2.70 bits per heavy atom. The Kier molecular flexibility index (Phi) is 4.54. The van der Waals surface area contributed by atoms with Gasteiger partial charge in [0.25, 0.3) is 11.8 Å². The van der Waals surface area contributed by atoms with E-state index in [0.717, 1.165) is 33.7 Å². The van der Waals surface area contributed by atoms with Crippen molar-refractivity contribution in [1.82, 2.24) is 0 Å². The van der Waals surface area contributed by atoms with Crippen molar-refractivity contribution < 1.29 is 9.59 Å². The maximum absolute atomic E-state index is 12.8. The summed E-state index contributed by atoms with van der Waals surface area (Å²) in [5.74, 6) is -0.118. The molecule has 0 bridgehead atoms. The van der Waals surface area contributed by atoms with E-state index in [1.54, 1.807) is 4.90 Å². The Morgan fingerprint density at radius 1 is 1.07 bits per heavy atom. The summed E-state index contributed by atoms with van der Waals surface area (Å²) in [6.07, 6.45) is 0.831. The predicted molar refractivity (Wildman–Crippen MR) is 110 cm³/mol. The molecule has 2 amide bonds. The number of anilines is 2. The zero-order valence-electron chi connectivity index (χ0n) is 15.3. The zero-order chi connectivity index (χ0) is 19.0. The molecule has 4 rings (SSSR count). The second-order valence-electron chi connectivity index (χ2n) is 6.80. The van der Waals surface area contributed by atoms with Crippen LogP contribution < -0.4 is 10.2 Å². The van der Waals surface area contributed by atoms with Crippen LogP contribution in [0.3, 0.4) is 0 Å². The van der Waals surface area contributed by atoms with Crippen molar-refractivity contribution in [2.45, 2.75) is 20.3 Å². The Morgan fingerprint density at radius 2 is 1.93 bits per heavy atom. The number of thiophene rings is 1. The molecule has 1 aromatic heterocycles. The Balaban J connectivity index is 1.59. The minimum atomic E-state index is -0.134. The molecule has 3 aromatic rings. The standard InChI is InChI=1S/C22H20N2O2S/c1-14-5-6-15(2)18(12-14)21(25)23-17-8-7-16-9-10-24(19(16)13-17)22(26)20-4-3-11-27-20/h3-8,11-13H,9-10H2,1-2H3,(H,23,25). The molecule has 0 aliphatic carbocycles. The van der Waals surface area contributed by atoms with Gasteiger partial charge in [0.05, 0.1) is 4.88 Å². The highest BCUT2D eigenvalue weighted by atomic mass is 32.1. The highest BCUT2D eigenvalue weighted by Crippen LogP contribution is 2.32. The number of carbonyl (C=O) groups is 2. The van der Waals surface area contributed by atoms with E-state index in [2.05, 4.69) is 5.32 Å². The van der Waals surface area contributed by atoms with Crippen LogP contribution in [0.2, 0.25) is 0 Å². The largest absolute Gasteiger partial charge is 0.322 e. The van der Waals surface area contributed by atoms with Crippen molar-refractivity contribution >= 4 is 34.5 Å². The van der Waals surface area contributed by atoms with Crippen LogP contribution in [0.1, 0.15) is 36.7 Å². The van der Waals surface area contributed by atoms with Gasteiger partial charge >= 0.3 is 0 Å². The van der Waals surface area contributed by atoms with E-state index in [1.807, 2.05) is 67.8 Å². The van der Waals surface area contributed by atoms with Gasteiger partial charge in [-0.15, -0.1) is 11.3 Å². The maximum Gasteiger partial charge on any atom is 0.268 e. The summed E-state index contributed by atoms with van der Waals surface area (Å²) in [6, 6.07) is 15.4. The molecule has 0 fully saturated rings. The van der Waals surface area contributed by atoms with Crippen LogP contribution in [-0.2, 0) is 6.42 Å². The van der Waals surface area contributed by atoms with Crippen molar-refractivity contribution in [2.75, 3.05) is 16.8 Å². The summed E-state index contributed by atoms with van der Waals surface area (Å²) < 4.78 is 0. The smallest absolute Gasteiger partial charge is 0.268 e. The fourth-order valence-electron chi connectivity index (χ4n) is 3.38. The van der Waals surface area contributed by atoms with Gasteiger partial charge in [-0.2, -0.15) is 0 Å². The van der Waals surface area contributed by atoms with Gasteiger partial charge in [0.1, 0.15) is 0 Å². The minimum Gasteiger partial charge on any atom is -0.322 e. The first-order chi connectivity index (χ1) is 13.0. The van der Waals surface area contributed by atoms with E-state index < -0.39 is 0 Å². The summed E-state index contributed by atoms with van der Waals surface area (Å²) in [6.45, 7) is 4.57. The van der Waals surface area contributed by atoms with E-state index in [9.17, 15) is 9.59 Å². The van der Waals surface area contributed by atoms with E-state index in [4.69, 9.17) is 0 Å². The van der Waals surface area contributed by atoms with E-state index in [1.165, 1.54) is 11.3 Å². The van der Waals surface area contributed by atoms with Crippen LogP contribution in [0.4, 0.5) is 11.4 Å². The fourth-order valence-corrected chi connectivity index (χ4v) is 4.05. The summed E-state index contributed by atoms with van der Waals surface area (Å²) in [4.78, 5) is 28.0. The van der Waals surface area contributed by atoms with Crippen LogP contribution >= 0.6 is 11.3 Å². The lowest BCUT2D eigenvalue weighted by atomic mass is 10.0. The molecule has 5 heteroatoms. The van der Waals surface area contributed by atoms with E-state index in [-0.39, 0.29) is 11.8 Å². The maximum atomic E-state index is 12.8. The number of fused-ring (bicyclic) bond motifs is 1. The van der Waals surface area contributed by atoms with E-state index in [0.29, 0.717) is 17.8 Å². The Hall–Kier alpha value is -2.92. The molecule has 0 spiro atoms. The lowest BCUT2D eigenvalue weighted by Gasteiger charge is -2.17. The van der Waals surface area contributed by atoms with Gasteiger partial charge in [-0.25, -0.2) is 0 Å². The molecule has 1 N–H and O–H groups in total. The molecule has 4 nitrogen and oxygen atoms in total. The van der Waals surface area contributed by atoms with Crippen LogP contribution in [0.25, 0.3) is 0 Å². The number of nitrogens with zero attached hydrogens (tertiary/aromatic N) is 1. The number of benzene rings is 2. The van der Waals surface area contributed by atoms with Crippen LogP contribution in [-0.4, -0.2) is 18.4 Å². The summed E-state index contributed by atoms with van der Waals surface area (Å²) >= 11 is 1.45. The molecule has 2 heterocycles. The van der Waals surface area contributed by atoms with E-state index >= 15 is 0 Å². The normalized spacial score (nSPS) is 12.7. The molecule has 0 unspecified atom stereocenters. The Labute approximate surface area is 162 Å². The van der Waals surface area contributed by atoms with Crippen LogP contribution in [0.15, 0.2) is 53.9 Å². The molecular formula is C22H20N2O2S. The second kappa shape index (κ2) is 7.00. The Bertz CT molecular complexity index is 1020. The quantitative estimate of drug-likeness (QED) is 0.712. The number of amides is 2. The average Bonchev–Trinajstić information content (AvgIpc) is 3.32. The first kappa shape index (κ1) is 17.5. The monoisotopic (exact) mass is 376 g/mol. The fraction of sp³-hybridized carbons (Fsp3) is 0.182. The van der Waals surface area contributed by atoms with Crippen molar-refractivity contribution in [3.63, 3.8) is 0 Å². The van der Waals surface area contributed by atoms with Gasteiger partial charge in [-0.1, -0.05) is 29.8 Å². The van der Waals surface area contributed by atoms with Gasteiger partial charge in [0.15, 0.2) is 0 Å². The van der Waals surface area contributed by atoms with Gasteiger partial charge in [0, 0.05) is 23.5 Å². The summed E-state index contributed by atoms with van der Waals surface area (Å²) in [5, 5.41) is 4.88. The van der Waals surface area contributed by atoms with Crippen LogP contribution in [0, 0.1) is 13.8 Å². The average molecular weight is 376 g/mol. The van der Waals surface area contributed by atoms with Crippen molar-refractivity contribution in [3.8, 4) is 0 Å². The molecule has 27 heavy (non-hydrogen) atoms. The summed E-state index contributed by atoms with van der Waals surface area (Å²) in [5.41, 5.74) is 5.37. The van der Waals surface area contributed by atoms with Crippen LogP contribution in [0.5, 0.6) is 0 Å². The predicted octanol–water partition coefficient (Wildman–Crippen LogP) is 4.82. The molecule has 2 aromatic carbocycles. The topological polar surface area (TPSA) is 49.4 Å². The lowest BCUT2D eigenvalue weighted by Crippen LogP contribution is -2.28. The van der Waals surface area contributed by atoms with Gasteiger partial charge < -0.3 is 10.2 Å². The molecule has 1 aliphatic heterocycles. The third-order valence-corrected chi connectivity index (χ3v) is 5.71. The SMILES string of the molecule is Cc1ccc(C)c(C(=O)Nc2ccc3c(c2)N(C(=O)c2cccs2)CC3)c1.